The van der Waals surface area contributed by atoms with Gasteiger partial charge in [0, 0.05) is 0 Å². The summed E-state index contributed by atoms with van der Waals surface area (Å²) in [6, 6.07) is 10.0. The first-order valence-corrected chi connectivity index (χ1v) is 6.29. The Hall–Kier alpha value is -2.12. The van der Waals surface area contributed by atoms with Gasteiger partial charge >= 0.3 is 0 Å². The monoisotopic (exact) mass is 255 g/mol. The number of hydrogen-bond donors (Lipinski definition) is 1. The van der Waals surface area contributed by atoms with E-state index in [0.717, 1.165) is 5.56 Å². The van der Waals surface area contributed by atoms with Crippen molar-refractivity contribution in [3.05, 3.63) is 47.8 Å². The molecule has 0 radical (unpaired) electrons. The zero-order valence-electron chi connectivity index (χ0n) is 11.1. The van der Waals surface area contributed by atoms with E-state index >= 15 is 0 Å². The van der Waals surface area contributed by atoms with Gasteiger partial charge in [0.05, 0.1) is 12.7 Å². The smallest absolute Gasteiger partial charge is 0.155 e. The maximum absolute atomic E-state index is 9.60. The second-order valence-corrected chi connectivity index (χ2v) is 4.75. The van der Waals surface area contributed by atoms with Gasteiger partial charge < -0.3 is 5.11 Å². The fraction of sp³-hybridized carbons (Fsp3) is 0.333. The van der Waals surface area contributed by atoms with E-state index in [1.165, 1.54) is 0 Å². The van der Waals surface area contributed by atoms with Crippen molar-refractivity contribution in [1.29, 1.82) is 0 Å². The van der Waals surface area contributed by atoms with Crippen molar-refractivity contribution < 1.29 is 5.11 Å². The summed E-state index contributed by atoms with van der Waals surface area (Å²) in [5.74, 6) is 5.72. The van der Waals surface area contributed by atoms with Crippen LogP contribution < -0.4 is 0 Å². The van der Waals surface area contributed by atoms with Gasteiger partial charge in [0.15, 0.2) is 5.69 Å². The molecule has 1 aromatic heterocycles. The highest BCUT2D eigenvalue weighted by Gasteiger charge is 2.04. The lowest BCUT2D eigenvalue weighted by Gasteiger charge is -2.04. The molecule has 0 fully saturated rings. The van der Waals surface area contributed by atoms with Crippen LogP contribution in [0.3, 0.4) is 0 Å². The van der Waals surface area contributed by atoms with Crippen LogP contribution in [0.4, 0.5) is 0 Å². The summed E-state index contributed by atoms with van der Waals surface area (Å²) in [5.41, 5.74) is 1.74. The lowest BCUT2D eigenvalue weighted by molar-refractivity contribution is 0.181. The summed E-state index contributed by atoms with van der Waals surface area (Å²) in [6.45, 7) is 4.51. The van der Waals surface area contributed by atoms with Gasteiger partial charge in [0.25, 0.3) is 0 Å². The zero-order valence-corrected chi connectivity index (χ0v) is 11.1. The van der Waals surface area contributed by atoms with Gasteiger partial charge in [-0.05, 0) is 17.4 Å². The van der Waals surface area contributed by atoms with Crippen LogP contribution in [0, 0.1) is 17.8 Å². The fourth-order valence-corrected chi connectivity index (χ4v) is 1.52. The van der Waals surface area contributed by atoms with Crippen LogP contribution in [0.5, 0.6) is 0 Å². The van der Waals surface area contributed by atoms with Crippen LogP contribution in [-0.4, -0.2) is 26.2 Å². The van der Waals surface area contributed by atoms with Gasteiger partial charge in [-0.3, -0.25) is 0 Å². The Balaban J connectivity index is 2.03. The molecular weight excluding hydrogens is 238 g/mol. The summed E-state index contributed by atoms with van der Waals surface area (Å²) >= 11 is 0. The average molecular weight is 255 g/mol. The number of nitrogens with zero attached hydrogens (tertiary/aromatic N) is 3. The number of aliphatic hydroxyl groups excluding tert-OH is 1. The first-order valence-electron chi connectivity index (χ1n) is 6.29. The SMILES string of the molecule is CC(C)C(O)C#Cc1cn(Cc2ccccc2)nn1. The Labute approximate surface area is 113 Å². The molecule has 0 saturated heterocycles. The van der Waals surface area contributed by atoms with Gasteiger partial charge in [-0.1, -0.05) is 55.3 Å². The van der Waals surface area contributed by atoms with Gasteiger partial charge in [-0.25, -0.2) is 4.68 Å². The zero-order chi connectivity index (χ0) is 13.7. The third-order valence-electron chi connectivity index (χ3n) is 2.71. The van der Waals surface area contributed by atoms with E-state index in [1.807, 2.05) is 44.2 Å². The number of rotatable bonds is 3. The van der Waals surface area contributed by atoms with Crippen molar-refractivity contribution in [2.24, 2.45) is 5.92 Å². The number of aromatic nitrogens is 3. The minimum absolute atomic E-state index is 0.117. The Bertz CT molecular complexity index is 578. The molecule has 0 aliphatic rings. The number of hydrogen-bond acceptors (Lipinski definition) is 3. The van der Waals surface area contributed by atoms with Gasteiger partial charge in [0.2, 0.25) is 0 Å². The minimum Gasteiger partial charge on any atom is -0.380 e. The van der Waals surface area contributed by atoms with Crippen LogP contribution in [-0.2, 0) is 6.54 Å². The molecule has 0 amide bonds. The molecule has 0 spiro atoms. The molecule has 1 unspecified atom stereocenters. The van der Waals surface area contributed by atoms with Crippen molar-refractivity contribution >= 4 is 0 Å². The molecule has 0 aliphatic carbocycles. The molecule has 1 aromatic carbocycles. The maximum atomic E-state index is 9.60. The highest BCUT2D eigenvalue weighted by molar-refractivity contribution is 5.26. The van der Waals surface area contributed by atoms with Crippen LogP contribution in [0.25, 0.3) is 0 Å². The Morgan fingerprint density at radius 2 is 2.00 bits per heavy atom. The Kier molecular flexibility index (Phi) is 4.32. The molecule has 1 heterocycles. The van der Waals surface area contributed by atoms with Crippen LogP contribution in [0.1, 0.15) is 25.1 Å². The lowest BCUT2D eigenvalue weighted by atomic mass is 10.1. The summed E-state index contributed by atoms with van der Waals surface area (Å²) in [5, 5.41) is 17.6. The normalized spacial score (nSPS) is 12.0. The van der Waals surface area contributed by atoms with Crippen molar-refractivity contribution in [3.8, 4) is 11.8 Å². The number of benzene rings is 1. The van der Waals surface area contributed by atoms with Gasteiger partial charge in [-0.15, -0.1) is 5.10 Å². The average Bonchev–Trinajstić information content (AvgIpc) is 2.84. The molecule has 2 rings (SSSR count). The molecular formula is C15H17N3O. The Morgan fingerprint density at radius 3 is 2.68 bits per heavy atom. The first kappa shape index (κ1) is 13.3. The first-order chi connectivity index (χ1) is 9.15. The molecule has 1 atom stereocenters. The van der Waals surface area contributed by atoms with E-state index in [0.29, 0.717) is 12.2 Å². The second kappa shape index (κ2) is 6.17. The van der Waals surface area contributed by atoms with Crippen molar-refractivity contribution in [2.75, 3.05) is 0 Å². The van der Waals surface area contributed by atoms with Gasteiger partial charge in [-0.2, -0.15) is 0 Å². The number of aliphatic hydroxyl groups is 1. The van der Waals surface area contributed by atoms with Gasteiger partial charge in [0.1, 0.15) is 6.10 Å². The molecule has 0 saturated carbocycles. The molecule has 2 aromatic rings. The van der Waals surface area contributed by atoms with E-state index in [1.54, 1.807) is 10.9 Å². The molecule has 0 bridgehead atoms. The van der Waals surface area contributed by atoms with E-state index < -0.39 is 6.10 Å². The molecule has 4 heteroatoms. The fourth-order valence-electron chi connectivity index (χ4n) is 1.52. The molecule has 0 aliphatic heterocycles. The molecule has 1 N–H and O–H groups in total. The van der Waals surface area contributed by atoms with E-state index in [9.17, 15) is 5.11 Å². The largest absolute Gasteiger partial charge is 0.380 e. The maximum Gasteiger partial charge on any atom is 0.155 e. The van der Waals surface area contributed by atoms with Crippen LogP contribution in [0.2, 0.25) is 0 Å². The van der Waals surface area contributed by atoms with Crippen molar-refractivity contribution in [2.45, 2.75) is 26.5 Å². The van der Waals surface area contributed by atoms with E-state index in [2.05, 4.69) is 22.2 Å². The van der Waals surface area contributed by atoms with Crippen molar-refractivity contribution in [3.63, 3.8) is 0 Å². The van der Waals surface area contributed by atoms with Crippen molar-refractivity contribution in [1.82, 2.24) is 15.0 Å². The quantitative estimate of drug-likeness (QED) is 0.849. The third-order valence-corrected chi connectivity index (χ3v) is 2.71. The van der Waals surface area contributed by atoms with E-state index in [-0.39, 0.29) is 5.92 Å². The summed E-state index contributed by atoms with van der Waals surface area (Å²) in [6.07, 6.45) is 1.16. The minimum atomic E-state index is -0.626. The summed E-state index contributed by atoms with van der Waals surface area (Å²) in [7, 11) is 0. The third kappa shape index (κ3) is 3.94. The lowest BCUT2D eigenvalue weighted by Crippen LogP contribution is -2.11. The molecule has 4 nitrogen and oxygen atoms in total. The highest BCUT2D eigenvalue weighted by Crippen LogP contribution is 2.02. The predicted molar refractivity (Wildman–Crippen MR) is 73.3 cm³/mol. The van der Waals surface area contributed by atoms with Crippen LogP contribution >= 0.6 is 0 Å². The summed E-state index contributed by atoms with van der Waals surface area (Å²) < 4.78 is 1.74. The van der Waals surface area contributed by atoms with Crippen LogP contribution in [0.15, 0.2) is 36.5 Å². The molecule has 98 valence electrons. The Morgan fingerprint density at radius 1 is 1.26 bits per heavy atom. The predicted octanol–water partition coefficient (Wildman–Crippen LogP) is 1.69. The molecule has 19 heavy (non-hydrogen) atoms. The topological polar surface area (TPSA) is 50.9 Å². The summed E-state index contributed by atoms with van der Waals surface area (Å²) in [4.78, 5) is 0. The highest BCUT2D eigenvalue weighted by atomic mass is 16.3. The standard InChI is InChI=1S/C15H17N3O/c1-12(2)15(19)9-8-14-11-18(17-16-14)10-13-6-4-3-5-7-13/h3-7,11-12,15,19H,10H2,1-2H3. The van der Waals surface area contributed by atoms with E-state index in [4.69, 9.17) is 0 Å². The second-order valence-electron chi connectivity index (χ2n) is 4.75.